The van der Waals surface area contributed by atoms with E-state index in [0.717, 1.165) is 25.5 Å². The van der Waals surface area contributed by atoms with E-state index in [-0.39, 0.29) is 0 Å². The van der Waals surface area contributed by atoms with Gasteiger partial charge in [-0.05, 0) is 20.9 Å². The Morgan fingerprint density at radius 1 is 1.38 bits per heavy atom. The van der Waals surface area contributed by atoms with Gasteiger partial charge in [-0.25, -0.2) is 19.3 Å². The summed E-state index contributed by atoms with van der Waals surface area (Å²) in [6, 6.07) is 2.33. The Kier molecular flexibility index (Phi) is 6.89. The van der Waals surface area contributed by atoms with Gasteiger partial charge in [0.1, 0.15) is 33.3 Å². The maximum absolute atomic E-state index is 13.1. The minimum atomic E-state index is -0.699. The van der Waals surface area contributed by atoms with Gasteiger partial charge in [0.15, 0.2) is 5.13 Å². The summed E-state index contributed by atoms with van der Waals surface area (Å²) in [6.07, 6.45) is 1.47. The third-order valence-corrected chi connectivity index (χ3v) is 7.46. The molecular weight excluding hydrogens is 473 g/mol. The quantitative estimate of drug-likeness (QED) is 0.518. The van der Waals surface area contributed by atoms with E-state index in [9.17, 15) is 9.18 Å². The number of halogens is 2. The normalized spacial score (nSPS) is 16.9. The Hall–Kier alpha value is -2.34. The van der Waals surface area contributed by atoms with Crippen molar-refractivity contribution in [2.45, 2.75) is 26.6 Å². The monoisotopic (exact) mass is 495 g/mol. The lowest BCUT2D eigenvalue weighted by Gasteiger charge is -2.38. The molecule has 4 rings (SSSR count). The lowest BCUT2D eigenvalue weighted by molar-refractivity contribution is 0.103. The first-order valence-corrected chi connectivity index (χ1v) is 12.1. The molecule has 1 unspecified atom stereocenters. The SMILES string of the molecule is Cc1nc(Nc2ncc(C(=O)Nc3c(CF)csc3Cl)s2)cc(N2CCN(C)C(C)C2)n1. The second-order valence-electron chi connectivity index (χ2n) is 7.59. The summed E-state index contributed by atoms with van der Waals surface area (Å²) in [4.78, 5) is 30.9. The molecule has 3 aromatic heterocycles. The molecule has 2 N–H and O–H groups in total. The molecule has 0 aliphatic carbocycles. The van der Waals surface area contributed by atoms with Gasteiger partial charge in [-0.3, -0.25) is 4.79 Å². The van der Waals surface area contributed by atoms with E-state index < -0.39 is 12.6 Å². The molecule has 0 spiro atoms. The number of nitrogens with zero attached hydrogens (tertiary/aromatic N) is 5. The van der Waals surface area contributed by atoms with E-state index in [4.69, 9.17) is 11.6 Å². The number of thiazole rings is 1. The highest BCUT2D eigenvalue weighted by atomic mass is 35.5. The van der Waals surface area contributed by atoms with Gasteiger partial charge in [0.05, 0.1) is 11.9 Å². The summed E-state index contributed by atoms with van der Waals surface area (Å²) < 4.78 is 13.4. The number of aryl methyl sites for hydroxylation is 1. The minimum absolute atomic E-state index is 0.310. The van der Waals surface area contributed by atoms with Crippen molar-refractivity contribution in [2.24, 2.45) is 0 Å². The van der Waals surface area contributed by atoms with E-state index in [0.29, 0.717) is 43.3 Å². The van der Waals surface area contributed by atoms with Gasteiger partial charge >= 0.3 is 0 Å². The number of thiophene rings is 1. The van der Waals surface area contributed by atoms with Crippen molar-refractivity contribution < 1.29 is 9.18 Å². The Labute approximate surface area is 198 Å². The van der Waals surface area contributed by atoms with Crippen molar-refractivity contribution in [3.8, 4) is 0 Å². The molecule has 1 amide bonds. The van der Waals surface area contributed by atoms with Gasteiger partial charge in [-0.1, -0.05) is 22.9 Å². The van der Waals surface area contributed by atoms with Gasteiger partial charge in [-0.2, -0.15) is 0 Å². The van der Waals surface area contributed by atoms with Crippen molar-refractivity contribution in [3.63, 3.8) is 0 Å². The molecule has 0 saturated carbocycles. The summed E-state index contributed by atoms with van der Waals surface area (Å²) in [5.74, 6) is 1.73. The number of carbonyl (C=O) groups is 1. The zero-order valence-electron chi connectivity index (χ0n) is 17.9. The van der Waals surface area contributed by atoms with Crippen LogP contribution in [0.1, 0.15) is 28.0 Å². The van der Waals surface area contributed by atoms with Gasteiger partial charge in [0.25, 0.3) is 5.91 Å². The molecule has 0 aromatic carbocycles. The molecular formula is C20H23ClFN7OS2. The Morgan fingerprint density at radius 2 is 2.19 bits per heavy atom. The van der Waals surface area contributed by atoms with Crippen LogP contribution < -0.4 is 15.5 Å². The first-order valence-electron chi connectivity index (χ1n) is 10.0. The smallest absolute Gasteiger partial charge is 0.267 e. The van der Waals surface area contributed by atoms with Crippen LogP contribution in [0.25, 0.3) is 0 Å². The number of likely N-dealkylation sites (N-methyl/N-ethyl adjacent to an activating group) is 1. The van der Waals surface area contributed by atoms with E-state index in [1.165, 1.54) is 28.9 Å². The van der Waals surface area contributed by atoms with E-state index in [1.54, 1.807) is 5.38 Å². The Balaban J connectivity index is 1.47. The van der Waals surface area contributed by atoms with E-state index >= 15 is 0 Å². The second-order valence-corrected chi connectivity index (χ2v) is 10.1. The lowest BCUT2D eigenvalue weighted by atomic mass is 10.2. The molecule has 3 aromatic rings. The first kappa shape index (κ1) is 22.8. The summed E-state index contributed by atoms with van der Waals surface area (Å²) in [6.45, 7) is 6.10. The van der Waals surface area contributed by atoms with Crippen LogP contribution in [0.3, 0.4) is 0 Å². The van der Waals surface area contributed by atoms with Crippen LogP contribution in [0.4, 0.5) is 26.8 Å². The molecule has 1 fully saturated rings. The van der Waals surface area contributed by atoms with Gasteiger partial charge in [0.2, 0.25) is 0 Å². The molecule has 1 atom stereocenters. The molecule has 0 radical (unpaired) electrons. The number of nitrogens with one attached hydrogen (secondary N) is 2. The standard InChI is InChI=1S/C20H23ClFN7OS2/c1-11-9-29(5-4-28(11)3)16-6-15(24-12(2)25-16)26-20-23-8-14(32-20)19(30)27-17-13(7-22)10-31-18(17)21/h6,8,10-11H,4-5,7,9H2,1-3H3,(H,27,30)(H,23,24,25,26). The fourth-order valence-electron chi connectivity index (χ4n) is 3.35. The minimum Gasteiger partial charge on any atom is -0.354 e. The molecule has 4 heterocycles. The van der Waals surface area contributed by atoms with Crippen molar-refractivity contribution in [3.05, 3.63) is 38.2 Å². The number of anilines is 4. The second kappa shape index (κ2) is 9.65. The highest BCUT2D eigenvalue weighted by Crippen LogP contribution is 2.34. The molecule has 1 aliphatic rings. The van der Waals surface area contributed by atoms with Crippen LogP contribution in [0.2, 0.25) is 4.34 Å². The average Bonchev–Trinajstić information content (AvgIpc) is 3.36. The molecule has 8 nitrogen and oxygen atoms in total. The number of rotatable bonds is 6. The van der Waals surface area contributed by atoms with Crippen LogP contribution in [-0.4, -0.2) is 58.5 Å². The summed E-state index contributed by atoms with van der Waals surface area (Å²) in [5.41, 5.74) is 0.669. The van der Waals surface area contributed by atoms with Crippen molar-refractivity contribution in [1.82, 2.24) is 19.9 Å². The predicted octanol–water partition coefficient (Wildman–Crippen LogP) is 4.56. The molecule has 170 valence electrons. The molecule has 1 saturated heterocycles. The van der Waals surface area contributed by atoms with Gasteiger partial charge in [0, 0.05) is 42.7 Å². The fourth-order valence-corrected chi connectivity index (χ4v) is 5.10. The molecule has 32 heavy (non-hydrogen) atoms. The van der Waals surface area contributed by atoms with Crippen molar-refractivity contribution in [1.29, 1.82) is 0 Å². The van der Waals surface area contributed by atoms with Crippen LogP contribution in [-0.2, 0) is 6.67 Å². The Morgan fingerprint density at radius 3 is 2.94 bits per heavy atom. The van der Waals surface area contributed by atoms with Gasteiger partial charge < -0.3 is 20.4 Å². The average molecular weight is 496 g/mol. The topological polar surface area (TPSA) is 86.3 Å². The molecule has 0 bridgehead atoms. The van der Waals surface area contributed by atoms with E-state index in [1.807, 2.05) is 13.0 Å². The number of hydrogen-bond acceptors (Lipinski definition) is 9. The number of piperazine rings is 1. The largest absolute Gasteiger partial charge is 0.354 e. The number of alkyl halides is 1. The highest BCUT2D eigenvalue weighted by Gasteiger charge is 2.22. The third kappa shape index (κ3) is 5.01. The van der Waals surface area contributed by atoms with Crippen LogP contribution in [0.15, 0.2) is 17.6 Å². The van der Waals surface area contributed by atoms with Crippen LogP contribution in [0, 0.1) is 6.92 Å². The number of amides is 1. The fraction of sp³-hybridized carbons (Fsp3) is 0.400. The maximum Gasteiger partial charge on any atom is 0.267 e. The maximum atomic E-state index is 13.1. The number of aromatic nitrogens is 3. The molecule has 12 heteroatoms. The number of carbonyl (C=O) groups excluding carboxylic acids is 1. The molecule has 1 aliphatic heterocycles. The zero-order valence-corrected chi connectivity index (χ0v) is 20.2. The summed E-state index contributed by atoms with van der Waals surface area (Å²) in [7, 11) is 2.13. The number of hydrogen-bond donors (Lipinski definition) is 2. The summed E-state index contributed by atoms with van der Waals surface area (Å²) in [5, 5.41) is 7.96. The highest BCUT2D eigenvalue weighted by molar-refractivity contribution is 7.17. The first-order chi connectivity index (χ1) is 15.3. The van der Waals surface area contributed by atoms with Crippen LogP contribution in [0.5, 0.6) is 0 Å². The van der Waals surface area contributed by atoms with Crippen molar-refractivity contribution in [2.75, 3.05) is 42.2 Å². The van der Waals surface area contributed by atoms with Gasteiger partial charge in [-0.15, -0.1) is 11.3 Å². The lowest BCUT2D eigenvalue weighted by Crippen LogP contribution is -2.50. The predicted molar refractivity (Wildman–Crippen MR) is 129 cm³/mol. The third-order valence-electron chi connectivity index (χ3n) is 5.28. The van der Waals surface area contributed by atoms with Crippen LogP contribution >= 0.6 is 34.3 Å². The summed E-state index contributed by atoms with van der Waals surface area (Å²) >= 11 is 8.43. The Bertz CT molecular complexity index is 1120. The zero-order chi connectivity index (χ0) is 22.8. The van der Waals surface area contributed by atoms with E-state index in [2.05, 4.69) is 49.4 Å². The van der Waals surface area contributed by atoms with Crippen molar-refractivity contribution >= 4 is 62.6 Å².